The molecule has 1 unspecified atom stereocenters. The van der Waals surface area contributed by atoms with Gasteiger partial charge in [0.25, 0.3) is 0 Å². The van der Waals surface area contributed by atoms with Crippen LogP contribution in [0.4, 0.5) is 0 Å². The minimum Gasteiger partial charge on any atom is -0.480 e. The average Bonchev–Trinajstić information content (AvgIpc) is 2.20. The molecule has 0 radical (unpaired) electrons. The van der Waals surface area contributed by atoms with Crippen LogP contribution in [-0.4, -0.2) is 47.6 Å². The Balaban J connectivity index is 3.64. The monoisotopic (exact) mass is 246 g/mol. The Morgan fingerprint density at radius 2 is 2.25 bits per heavy atom. The second kappa shape index (κ2) is 9.23. The molecule has 0 heterocycles. The molecule has 0 fully saturated rings. The van der Waals surface area contributed by atoms with Crippen molar-refractivity contribution in [2.75, 3.05) is 24.6 Å². The summed E-state index contributed by atoms with van der Waals surface area (Å²) in [5, 5.41) is 14.1. The fourth-order valence-corrected chi connectivity index (χ4v) is 1.62. The summed E-state index contributed by atoms with van der Waals surface area (Å²) in [6, 6.07) is -0.859. The maximum absolute atomic E-state index is 10.7. The standard InChI is InChI=1S/C10H18N2O3S/c1-3-5-16-6-4-11-7-9(10(14)15)12-8(2)13/h3,9,11H,1,4-7H2,2H3,(H,12,13)(H,14,15). The molecule has 0 aliphatic carbocycles. The summed E-state index contributed by atoms with van der Waals surface area (Å²) in [6.45, 7) is 5.85. The lowest BCUT2D eigenvalue weighted by molar-refractivity contribution is -0.141. The Morgan fingerprint density at radius 1 is 1.56 bits per heavy atom. The van der Waals surface area contributed by atoms with E-state index in [1.807, 2.05) is 6.08 Å². The molecule has 3 N–H and O–H groups in total. The van der Waals surface area contributed by atoms with Crippen molar-refractivity contribution in [3.05, 3.63) is 12.7 Å². The van der Waals surface area contributed by atoms with Crippen LogP contribution in [-0.2, 0) is 9.59 Å². The maximum atomic E-state index is 10.7. The van der Waals surface area contributed by atoms with E-state index in [4.69, 9.17) is 5.11 Å². The Labute approximate surface area is 99.7 Å². The molecule has 1 atom stereocenters. The first-order valence-electron chi connectivity index (χ1n) is 4.97. The highest BCUT2D eigenvalue weighted by Crippen LogP contribution is 1.96. The van der Waals surface area contributed by atoms with E-state index in [0.29, 0.717) is 6.54 Å². The third-order valence-electron chi connectivity index (χ3n) is 1.68. The fraction of sp³-hybridized carbons (Fsp3) is 0.600. The lowest BCUT2D eigenvalue weighted by atomic mass is 10.3. The lowest BCUT2D eigenvalue weighted by Crippen LogP contribution is -2.46. The number of hydrogen-bond donors (Lipinski definition) is 3. The maximum Gasteiger partial charge on any atom is 0.327 e. The van der Waals surface area contributed by atoms with Crippen LogP contribution in [0.15, 0.2) is 12.7 Å². The minimum absolute atomic E-state index is 0.240. The fourth-order valence-electron chi connectivity index (χ4n) is 1.00. The zero-order valence-electron chi connectivity index (χ0n) is 9.36. The van der Waals surface area contributed by atoms with Gasteiger partial charge in [-0.2, -0.15) is 11.8 Å². The van der Waals surface area contributed by atoms with Crippen molar-refractivity contribution in [3.8, 4) is 0 Å². The molecule has 0 aromatic rings. The average molecular weight is 246 g/mol. The molecular weight excluding hydrogens is 228 g/mol. The van der Waals surface area contributed by atoms with Gasteiger partial charge >= 0.3 is 5.97 Å². The molecule has 0 aromatic carbocycles. The zero-order valence-corrected chi connectivity index (χ0v) is 10.2. The van der Waals surface area contributed by atoms with Gasteiger partial charge in [-0.25, -0.2) is 4.79 Å². The van der Waals surface area contributed by atoms with Crippen molar-refractivity contribution in [2.24, 2.45) is 0 Å². The van der Waals surface area contributed by atoms with E-state index in [0.717, 1.165) is 11.5 Å². The van der Waals surface area contributed by atoms with Gasteiger partial charge in [0, 0.05) is 31.5 Å². The topological polar surface area (TPSA) is 78.4 Å². The molecule has 0 rings (SSSR count). The van der Waals surface area contributed by atoms with E-state index >= 15 is 0 Å². The molecule has 1 amide bonds. The Morgan fingerprint density at radius 3 is 2.75 bits per heavy atom. The molecule has 0 saturated carbocycles. The number of amides is 1. The predicted octanol–water partition coefficient (Wildman–Crippen LogP) is 0.0845. The van der Waals surface area contributed by atoms with E-state index in [1.165, 1.54) is 6.92 Å². The molecule has 0 aliphatic heterocycles. The van der Waals surface area contributed by atoms with Crippen LogP contribution in [0.2, 0.25) is 0 Å². The van der Waals surface area contributed by atoms with Gasteiger partial charge in [0.05, 0.1) is 0 Å². The highest BCUT2D eigenvalue weighted by Gasteiger charge is 2.16. The third-order valence-corrected chi connectivity index (χ3v) is 2.65. The van der Waals surface area contributed by atoms with Crippen LogP contribution >= 0.6 is 11.8 Å². The van der Waals surface area contributed by atoms with Crippen LogP contribution in [0, 0.1) is 0 Å². The molecule has 6 heteroatoms. The van der Waals surface area contributed by atoms with E-state index in [2.05, 4.69) is 17.2 Å². The van der Waals surface area contributed by atoms with Gasteiger partial charge < -0.3 is 15.7 Å². The molecule has 0 aromatic heterocycles. The molecule has 0 aliphatic rings. The second-order valence-corrected chi connectivity index (χ2v) is 4.31. The van der Waals surface area contributed by atoms with Gasteiger partial charge in [-0.15, -0.1) is 6.58 Å². The summed E-state index contributed by atoms with van der Waals surface area (Å²) in [5.41, 5.74) is 0. The van der Waals surface area contributed by atoms with Crippen LogP contribution in [0.5, 0.6) is 0 Å². The molecular formula is C10H18N2O3S. The smallest absolute Gasteiger partial charge is 0.327 e. The van der Waals surface area contributed by atoms with Gasteiger partial charge in [0.2, 0.25) is 5.91 Å². The van der Waals surface area contributed by atoms with Crippen molar-refractivity contribution < 1.29 is 14.7 Å². The number of aliphatic carboxylic acids is 1. The molecule has 0 spiro atoms. The van der Waals surface area contributed by atoms with E-state index < -0.39 is 12.0 Å². The number of hydrogen-bond acceptors (Lipinski definition) is 4. The molecule has 5 nitrogen and oxygen atoms in total. The summed E-state index contributed by atoms with van der Waals surface area (Å²) in [4.78, 5) is 21.4. The Kier molecular flexibility index (Phi) is 8.65. The first-order valence-corrected chi connectivity index (χ1v) is 6.12. The molecule has 92 valence electrons. The lowest BCUT2D eigenvalue weighted by Gasteiger charge is -2.13. The van der Waals surface area contributed by atoms with Crippen molar-refractivity contribution in [1.29, 1.82) is 0 Å². The first kappa shape index (κ1) is 15.0. The van der Waals surface area contributed by atoms with Crippen molar-refractivity contribution >= 4 is 23.6 Å². The predicted molar refractivity (Wildman–Crippen MR) is 65.6 cm³/mol. The number of nitrogens with one attached hydrogen (secondary N) is 2. The summed E-state index contributed by atoms with van der Waals surface area (Å²) in [5.74, 6) is 0.408. The number of carbonyl (C=O) groups excluding carboxylic acids is 1. The number of rotatable bonds is 9. The van der Waals surface area contributed by atoms with Crippen molar-refractivity contribution in [2.45, 2.75) is 13.0 Å². The molecule has 16 heavy (non-hydrogen) atoms. The van der Waals surface area contributed by atoms with Crippen LogP contribution < -0.4 is 10.6 Å². The normalized spacial score (nSPS) is 11.8. The van der Waals surface area contributed by atoms with Gasteiger partial charge in [-0.1, -0.05) is 6.08 Å². The number of carboxylic acids is 1. The number of thioether (sulfide) groups is 1. The second-order valence-electron chi connectivity index (χ2n) is 3.16. The third kappa shape index (κ3) is 8.31. The summed E-state index contributed by atoms with van der Waals surface area (Å²) < 4.78 is 0. The largest absolute Gasteiger partial charge is 0.480 e. The summed E-state index contributed by atoms with van der Waals surface area (Å²) >= 11 is 1.71. The van der Waals surface area contributed by atoms with E-state index in [-0.39, 0.29) is 12.5 Å². The number of carbonyl (C=O) groups is 2. The van der Waals surface area contributed by atoms with Crippen LogP contribution in [0.1, 0.15) is 6.92 Å². The summed E-state index contributed by atoms with van der Waals surface area (Å²) in [7, 11) is 0. The highest BCUT2D eigenvalue weighted by atomic mass is 32.2. The van der Waals surface area contributed by atoms with Crippen molar-refractivity contribution in [3.63, 3.8) is 0 Å². The highest BCUT2D eigenvalue weighted by molar-refractivity contribution is 7.99. The van der Waals surface area contributed by atoms with Crippen LogP contribution in [0.3, 0.4) is 0 Å². The summed E-state index contributed by atoms with van der Waals surface area (Å²) in [6.07, 6.45) is 1.82. The number of carboxylic acid groups (broad SMARTS) is 1. The molecule has 0 saturated heterocycles. The van der Waals surface area contributed by atoms with Gasteiger partial charge in [0.15, 0.2) is 0 Å². The van der Waals surface area contributed by atoms with E-state index in [9.17, 15) is 9.59 Å². The van der Waals surface area contributed by atoms with Crippen LogP contribution in [0.25, 0.3) is 0 Å². The zero-order chi connectivity index (χ0) is 12.4. The van der Waals surface area contributed by atoms with Crippen molar-refractivity contribution in [1.82, 2.24) is 10.6 Å². The van der Waals surface area contributed by atoms with E-state index in [1.54, 1.807) is 11.8 Å². The molecule has 0 bridgehead atoms. The quantitative estimate of drug-likeness (QED) is 0.397. The minimum atomic E-state index is -1.03. The first-order chi connectivity index (χ1) is 7.57. The Bertz CT molecular complexity index is 246. The van der Waals surface area contributed by atoms with Gasteiger partial charge in [-0.05, 0) is 0 Å². The SMILES string of the molecule is C=CCSCCNCC(NC(C)=O)C(=O)O. The van der Waals surface area contributed by atoms with Gasteiger partial charge in [0.1, 0.15) is 6.04 Å². The van der Waals surface area contributed by atoms with Gasteiger partial charge in [-0.3, -0.25) is 4.79 Å². The Hall–Kier alpha value is -1.01.